The van der Waals surface area contributed by atoms with Crippen LogP contribution in [0.25, 0.3) is 0 Å². The topological polar surface area (TPSA) is 402 Å². The number of carbonyl (C=O) groups excluding carboxylic acids is 7. The SMILES string of the molecule is CC(C)C[C@H](NC(=O)[C@H](CC(=O)O)NC(=O)[C@H](Cc1ccccc1)NC(=O)[C@H](Cc1ccc(O)cc1)NC(=O)[C@H](Cc1ccc(O)cc1)NC(=O)[C@@H](NC(=O)[C@@H](NC(=O)[C@@H](N)CCC(=O)O)[C@@H](C)O)C(C)C)C(=O)O. The average Bonchev–Trinajstić information content (AvgIpc) is 3.33. The number of hydrogen-bond donors (Lipinski definition) is 14. The highest BCUT2D eigenvalue weighted by molar-refractivity contribution is 5.98. The molecule has 0 aliphatic heterocycles. The van der Waals surface area contributed by atoms with Crippen molar-refractivity contribution in [2.45, 2.75) is 134 Å². The fourth-order valence-corrected chi connectivity index (χ4v) is 7.49. The van der Waals surface area contributed by atoms with E-state index in [-0.39, 0.29) is 49.5 Å². The van der Waals surface area contributed by atoms with E-state index in [2.05, 4.69) is 37.2 Å². The van der Waals surface area contributed by atoms with Crippen molar-refractivity contribution in [3.8, 4) is 11.5 Å². The molecule has 9 atom stereocenters. The molecule has 0 saturated carbocycles. The molecule has 15 N–H and O–H groups in total. The number of hydrogen-bond acceptors (Lipinski definition) is 14. The van der Waals surface area contributed by atoms with Gasteiger partial charge in [-0.3, -0.25) is 43.2 Å². The zero-order chi connectivity index (χ0) is 56.1. The van der Waals surface area contributed by atoms with E-state index in [1.165, 1.54) is 55.5 Å². The summed E-state index contributed by atoms with van der Waals surface area (Å²) in [4.78, 5) is 132. The highest BCUT2D eigenvalue weighted by Crippen LogP contribution is 2.16. The summed E-state index contributed by atoms with van der Waals surface area (Å²) in [5.41, 5.74) is 7.08. The van der Waals surface area contributed by atoms with E-state index in [1.807, 2.05) is 0 Å². The van der Waals surface area contributed by atoms with Crippen LogP contribution in [0.2, 0.25) is 0 Å². The highest BCUT2D eigenvalue weighted by Gasteiger charge is 2.37. The van der Waals surface area contributed by atoms with Gasteiger partial charge in [-0.2, -0.15) is 0 Å². The summed E-state index contributed by atoms with van der Waals surface area (Å²) in [6, 6.07) is 6.85. The van der Waals surface area contributed by atoms with E-state index in [1.54, 1.807) is 58.0 Å². The van der Waals surface area contributed by atoms with E-state index >= 15 is 0 Å². The number of rotatable bonds is 30. The molecule has 0 saturated heterocycles. The average molecular weight is 1050 g/mol. The van der Waals surface area contributed by atoms with E-state index in [0.717, 1.165) is 0 Å². The number of amides is 7. The first-order valence-electron chi connectivity index (χ1n) is 24.1. The summed E-state index contributed by atoms with van der Waals surface area (Å²) < 4.78 is 0. The summed E-state index contributed by atoms with van der Waals surface area (Å²) in [6.07, 6.45) is -4.12. The summed E-state index contributed by atoms with van der Waals surface area (Å²) in [6.45, 7) is 7.69. The van der Waals surface area contributed by atoms with Gasteiger partial charge in [-0.05, 0) is 72.6 Å². The predicted octanol–water partition coefficient (Wildman–Crippen LogP) is -0.646. The maximum absolute atomic E-state index is 14.6. The van der Waals surface area contributed by atoms with Crippen molar-refractivity contribution in [1.82, 2.24) is 37.2 Å². The Morgan fingerprint density at radius 3 is 1.25 bits per heavy atom. The molecule has 3 rings (SSSR count). The number of nitrogens with one attached hydrogen (secondary N) is 7. The zero-order valence-corrected chi connectivity index (χ0v) is 42.1. The van der Waals surface area contributed by atoms with E-state index in [0.29, 0.717) is 16.7 Å². The Morgan fingerprint density at radius 2 is 0.853 bits per heavy atom. The minimum absolute atomic E-state index is 0.0227. The van der Waals surface area contributed by atoms with E-state index in [9.17, 15) is 73.5 Å². The lowest BCUT2D eigenvalue weighted by Gasteiger charge is -2.29. The fourth-order valence-electron chi connectivity index (χ4n) is 7.49. The van der Waals surface area contributed by atoms with Crippen LogP contribution in [0.4, 0.5) is 0 Å². The monoisotopic (exact) mass is 1050 g/mol. The van der Waals surface area contributed by atoms with Crippen LogP contribution in [-0.2, 0) is 67.2 Å². The molecule has 0 aliphatic carbocycles. The molecule has 7 amide bonds. The molecule has 0 heterocycles. The Labute approximate surface area is 432 Å². The van der Waals surface area contributed by atoms with Crippen LogP contribution in [0.15, 0.2) is 78.9 Å². The number of benzene rings is 3. The van der Waals surface area contributed by atoms with Gasteiger partial charge >= 0.3 is 17.9 Å². The van der Waals surface area contributed by atoms with Crippen LogP contribution < -0.4 is 43.0 Å². The molecule has 0 unspecified atom stereocenters. The first kappa shape index (κ1) is 61.2. The van der Waals surface area contributed by atoms with Gasteiger partial charge in [-0.25, -0.2) is 4.79 Å². The van der Waals surface area contributed by atoms with Crippen molar-refractivity contribution in [1.29, 1.82) is 0 Å². The second kappa shape index (κ2) is 29.5. The Hall–Kier alpha value is -8.12. The summed E-state index contributed by atoms with van der Waals surface area (Å²) in [7, 11) is 0. The molecular weight excluding hydrogens is 981 g/mol. The van der Waals surface area contributed by atoms with Crippen molar-refractivity contribution < 1.29 is 78.6 Å². The van der Waals surface area contributed by atoms with E-state index in [4.69, 9.17) is 10.8 Å². The van der Waals surface area contributed by atoms with Crippen LogP contribution in [0, 0.1) is 11.8 Å². The van der Waals surface area contributed by atoms with Crippen LogP contribution in [0.3, 0.4) is 0 Å². The molecule has 3 aromatic carbocycles. The molecule has 0 bridgehead atoms. The maximum Gasteiger partial charge on any atom is 0.326 e. The van der Waals surface area contributed by atoms with Gasteiger partial charge in [0.2, 0.25) is 41.4 Å². The molecule has 408 valence electrons. The molecular formula is C51H68N8O16. The third-order valence-corrected chi connectivity index (χ3v) is 11.6. The van der Waals surface area contributed by atoms with Gasteiger partial charge in [0.05, 0.1) is 18.6 Å². The molecule has 75 heavy (non-hydrogen) atoms. The quantitative estimate of drug-likeness (QED) is 0.0395. The van der Waals surface area contributed by atoms with Crippen LogP contribution in [-0.4, -0.2) is 144 Å². The lowest BCUT2D eigenvalue weighted by Crippen LogP contribution is -2.62. The second-order valence-electron chi connectivity index (χ2n) is 18.8. The van der Waals surface area contributed by atoms with Gasteiger partial charge in [0.1, 0.15) is 53.8 Å². The number of carboxylic acid groups (broad SMARTS) is 3. The molecule has 24 heteroatoms. The number of carboxylic acids is 3. The molecule has 0 radical (unpaired) electrons. The third kappa shape index (κ3) is 21.1. The summed E-state index contributed by atoms with van der Waals surface area (Å²) in [5, 5.41) is 76.1. The Morgan fingerprint density at radius 1 is 0.467 bits per heavy atom. The third-order valence-electron chi connectivity index (χ3n) is 11.6. The first-order valence-corrected chi connectivity index (χ1v) is 24.1. The van der Waals surface area contributed by atoms with Crippen molar-refractivity contribution in [2.75, 3.05) is 0 Å². The number of phenols is 2. The van der Waals surface area contributed by atoms with Gasteiger partial charge in [-0.1, -0.05) is 82.3 Å². The molecule has 3 aromatic rings. The molecule has 0 aromatic heterocycles. The van der Waals surface area contributed by atoms with Gasteiger partial charge in [0.15, 0.2) is 0 Å². The normalized spacial score (nSPS) is 14.7. The standard InChI is InChI=1S/C51H68N8O16/c1-26(2)21-39(51(74)75)57-48(71)38(25-41(65)66)55-46(69)35(22-29-9-7-6-8-10-29)53-45(68)36(23-30-11-15-32(61)16-12-30)54-47(70)37(24-31-13-17-33(62)18-14-31)56-49(72)42(27(3)4)58-50(73)43(28(5)60)59-44(67)34(52)19-20-40(63)64/h6-18,26-28,34-39,42-43,60-62H,19-25,52H2,1-5H3,(H,53,68)(H,54,70)(H,55,69)(H,56,72)(H,57,71)(H,58,73)(H,59,67)(H,63,64)(H,65,66)(H,74,75)/t28-,34+,35+,36+,37+,38+,39+,42+,43+/m1/s1. The largest absolute Gasteiger partial charge is 0.508 e. The number of aliphatic carboxylic acids is 3. The van der Waals surface area contributed by atoms with Crippen LogP contribution in [0.1, 0.15) is 77.0 Å². The van der Waals surface area contributed by atoms with Crippen LogP contribution >= 0.6 is 0 Å². The number of aliphatic hydroxyl groups is 1. The summed E-state index contributed by atoms with van der Waals surface area (Å²) >= 11 is 0. The van der Waals surface area contributed by atoms with Gasteiger partial charge < -0.3 is 73.6 Å². The zero-order valence-electron chi connectivity index (χ0n) is 42.1. The van der Waals surface area contributed by atoms with Crippen LogP contribution in [0.5, 0.6) is 11.5 Å². The Kier molecular flexibility index (Phi) is 24.1. The molecule has 0 fully saturated rings. The van der Waals surface area contributed by atoms with Gasteiger partial charge in [0, 0.05) is 25.7 Å². The fraction of sp³-hybridized carbons (Fsp3) is 0.451. The highest BCUT2D eigenvalue weighted by atomic mass is 16.4. The maximum atomic E-state index is 14.6. The van der Waals surface area contributed by atoms with Gasteiger partial charge in [-0.15, -0.1) is 0 Å². The minimum Gasteiger partial charge on any atom is -0.508 e. The number of aliphatic hydroxyl groups excluding tert-OH is 1. The van der Waals surface area contributed by atoms with Crippen molar-refractivity contribution in [3.05, 3.63) is 95.6 Å². The number of nitrogens with two attached hydrogens (primary N) is 1. The Balaban J connectivity index is 2.03. The predicted molar refractivity (Wildman–Crippen MR) is 268 cm³/mol. The lowest BCUT2D eigenvalue weighted by molar-refractivity contribution is -0.144. The smallest absolute Gasteiger partial charge is 0.326 e. The number of aromatic hydroxyl groups is 2. The molecule has 24 nitrogen and oxygen atoms in total. The molecule has 0 spiro atoms. The molecule has 0 aliphatic rings. The first-order chi connectivity index (χ1) is 35.2. The summed E-state index contributed by atoms with van der Waals surface area (Å²) in [5.74, 6) is -12.4. The van der Waals surface area contributed by atoms with Crippen molar-refractivity contribution in [3.63, 3.8) is 0 Å². The second-order valence-corrected chi connectivity index (χ2v) is 18.8. The minimum atomic E-state index is -1.82. The van der Waals surface area contributed by atoms with E-state index < -0.39 is 132 Å². The van der Waals surface area contributed by atoms with Crippen molar-refractivity contribution >= 4 is 59.3 Å². The van der Waals surface area contributed by atoms with Gasteiger partial charge in [0.25, 0.3) is 0 Å². The Bertz CT molecular complexity index is 2450. The lowest BCUT2D eigenvalue weighted by atomic mass is 9.99. The van der Waals surface area contributed by atoms with Crippen molar-refractivity contribution in [2.24, 2.45) is 17.6 Å². The number of phenolic OH excluding ortho intramolecular Hbond substituents is 2. The number of carbonyl (C=O) groups is 10.